The van der Waals surface area contributed by atoms with Gasteiger partial charge in [-0.1, -0.05) is 36.4 Å². The van der Waals surface area contributed by atoms with Crippen molar-refractivity contribution in [3.8, 4) is 11.5 Å². The summed E-state index contributed by atoms with van der Waals surface area (Å²) in [6.45, 7) is 3.68. The fraction of sp³-hybridized carbons (Fsp3) is 0.160. The minimum absolute atomic E-state index is 0.0353. The quantitative estimate of drug-likeness (QED) is 0.0689. The number of nitrogens with one attached hydrogen (secondary N) is 8. The summed E-state index contributed by atoms with van der Waals surface area (Å²) in [4.78, 5) is 106. The molecule has 6 heterocycles. The van der Waals surface area contributed by atoms with Crippen LogP contribution < -0.4 is 41.4 Å². The van der Waals surface area contributed by atoms with Crippen LogP contribution in [-0.2, 0) is 35.8 Å². The third-order valence-corrected chi connectivity index (χ3v) is 12.5. The van der Waals surface area contributed by atoms with Gasteiger partial charge in [-0.15, -0.1) is 10.2 Å². The summed E-state index contributed by atoms with van der Waals surface area (Å²) in [5.74, 6) is -3.65. The van der Waals surface area contributed by atoms with Gasteiger partial charge in [0.25, 0.3) is 47.0 Å². The Morgan fingerprint density at radius 2 is 0.897 bits per heavy atom. The van der Waals surface area contributed by atoms with Gasteiger partial charge in [-0.2, -0.15) is 0 Å². The molecule has 0 bridgehead atoms. The van der Waals surface area contributed by atoms with Crippen LogP contribution in [0.5, 0.6) is 11.5 Å². The zero-order chi connectivity index (χ0) is 55.4. The summed E-state index contributed by atoms with van der Waals surface area (Å²) >= 11 is 10.5. The molecule has 26 nitrogen and oxygen atoms in total. The maximum absolute atomic E-state index is 13.2. The predicted octanol–water partition coefficient (Wildman–Crippen LogP) is 3.97. The van der Waals surface area contributed by atoms with E-state index in [1.54, 1.807) is 74.5 Å². The number of ether oxygens (including phenoxy) is 2. The van der Waals surface area contributed by atoms with Gasteiger partial charge in [0.05, 0.1) is 22.5 Å². The van der Waals surface area contributed by atoms with Crippen molar-refractivity contribution in [3.63, 3.8) is 0 Å². The van der Waals surface area contributed by atoms with Crippen LogP contribution in [0.2, 0.25) is 0 Å². The van der Waals surface area contributed by atoms with Gasteiger partial charge in [-0.3, -0.25) is 28.8 Å². The van der Waals surface area contributed by atoms with Gasteiger partial charge in [0.15, 0.2) is 13.2 Å². The highest BCUT2D eigenvalue weighted by Crippen LogP contribution is 2.30. The number of benzene rings is 4. The van der Waals surface area contributed by atoms with Crippen LogP contribution in [0.15, 0.2) is 84.9 Å². The van der Waals surface area contributed by atoms with Gasteiger partial charge in [-0.05, 0) is 120 Å². The van der Waals surface area contributed by atoms with Crippen LogP contribution >= 0.6 is 24.4 Å². The molecule has 0 saturated carbocycles. The first-order chi connectivity index (χ1) is 37.4. The first kappa shape index (κ1) is 52.6. The molecule has 396 valence electrons. The van der Waals surface area contributed by atoms with Crippen molar-refractivity contribution in [2.45, 2.75) is 40.0 Å². The lowest BCUT2D eigenvalue weighted by molar-refractivity contribution is -0.119. The minimum Gasteiger partial charge on any atom is -0.482 e. The number of aromatic amines is 2. The number of H-pyrrole nitrogens is 2. The van der Waals surface area contributed by atoms with E-state index in [0.29, 0.717) is 56.3 Å². The van der Waals surface area contributed by atoms with Crippen LogP contribution in [0, 0.1) is 23.4 Å². The van der Waals surface area contributed by atoms with Gasteiger partial charge >= 0.3 is 11.9 Å². The number of fused-ring (bicyclic) bond motifs is 4. The van der Waals surface area contributed by atoms with Crippen LogP contribution in [0.1, 0.15) is 96.1 Å². The first-order valence-electron chi connectivity index (χ1n) is 23.2. The number of anilines is 2. The highest BCUT2D eigenvalue weighted by molar-refractivity contribution is 7.71. The summed E-state index contributed by atoms with van der Waals surface area (Å²) in [5.41, 5.74) is 5.25. The molecule has 0 unspecified atom stereocenters. The number of carboxylic acid groups (broad SMARTS) is 2. The molecule has 0 fully saturated rings. The Bertz CT molecular complexity index is 3960. The molecule has 2 aliphatic heterocycles. The zero-order valence-electron chi connectivity index (χ0n) is 40.8. The first-order valence-corrected chi connectivity index (χ1v) is 24.1. The number of aryl methyl sites for hydroxylation is 2. The highest BCUT2D eigenvalue weighted by atomic mass is 32.1. The second-order valence-electron chi connectivity index (χ2n) is 17.4. The van der Waals surface area contributed by atoms with Gasteiger partial charge in [-0.25, -0.2) is 38.6 Å². The molecule has 0 aliphatic carbocycles. The Morgan fingerprint density at radius 1 is 0.538 bits per heavy atom. The lowest BCUT2D eigenvalue weighted by Crippen LogP contribution is -2.28. The third-order valence-electron chi connectivity index (χ3n) is 11.9. The molecule has 4 aromatic heterocycles. The molecule has 10 N–H and O–H groups in total. The van der Waals surface area contributed by atoms with E-state index in [9.17, 15) is 48.6 Å². The number of aromatic carboxylic acids is 2. The Labute approximate surface area is 448 Å². The van der Waals surface area contributed by atoms with Gasteiger partial charge in [0, 0.05) is 26.2 Å². The molecule has 78 heavy (non-hydrogen) atoms. The van der Waals surface area contributed by atoms with Crippen molar-refractivity contribution in [1.82, 2.24) is 60.4 Å². The topological polar surface area (TPSA) is 360 Å². The molecular formula is C50H42N14O12S2. The van der Waals surface area contributed by atoms with Gasteiger partial charge < -0.3 is 51.6 Å². The fourth-order valence-corrected chi connectivity index (χ4v) is 8.57. The molecule has 8 aromatic rings. The number of rotatable bonds is 14. The van der Waals surface area contributed by atoms with Crippen molar-refractivity contribution < 1.29 is 58.0 Å². The van der Waals surface area contributed by atoms with Crippen molar-refractivity contribution in [2.24, 2.45) is 0 Å². The molecule has 0 saturated heterocycles. The number of amides is 6. The molecule has 4 aromatic carbocycles. The van der Waals surface area contributed by atoms with Gasteiger partial charge in [0.2, 0.25) is 9.54 Å². The number of hydrogen-bond donors (Lipinski definition) is 10. The molecule has 6 amide bonds. The van der Waals surface area contributed by atoms with Crippen molar-refractivity contribution >= 4 is 94.7 Å². The number of nitrogens with zero attached hydrogens (tertiary/aromatic N) is 6. The number of carbonyl (C=O) groups is 8. The van der Waals surface area contributed by atoms with Crippen LogP contribution in [0.4, 0.5) is 11.4 Å². The zero-order valence-corrected chi connectivity index (χ0v) is 42.4. The van der Waals surface area contributed by atoms with Crippen LogP contribution in [0.3, 0.4) is 0 Å². The minimum atomic E-state index is -1.03. The second-order valence-corrected chi connectivity index (χ2v) is 18.1. The largest absolute Gasteiger partial charge is 0.482 e. The maximum atomic E-state index is 13.2. The number of carbonyl (C=O) groups excluding carboxylic acids is 6. The van der Waals surface area contributed by atoms with E-state index in [0.717, 1.165) is 0 Å². The third kappa shape index (κ3) is 11.7. The summed E-state index contributed by atoms with van der Waals surface area (Å²) in [6.07, 6.45) is 0. The lowest BCUT2D eigenvalue weighted by atomic mass is 10.1. The Hall–Kier alpha value is -10.2. The van der Waals surface area contributed by atoms with E-state index in [1.165, 1.54) is 33.1 Å². The lowest BCUT2D eigenvalue weighted by Gasteiger charge is -2.18. The number of hydrogen-bond acceptors (Lipinski definition) is 16. The normalized spacial score (nSPS) is 12.3. The van der Waals surface area contributed by atoms with E-state index in [4.69, 9.17) is 33.9 Å². The van der Waals surface area contributed by atoms with Gasteiger partial charge in [0.1, 0.15) is 34.3 Å². The van der Waals surface area contributed by atoms with E-state index < -0.39 is 35.6 Å². The predicted molar refractivity (Wildman–Crippen MR) is 278 cm³/mol. The van der Waals surface area contributed by atoms with E-state index in [1.807, 2.05) is 0 Å². The Morgan fingerprint density at radius 3 is 1.27 bits per heavy atom. The highest BCUT2D eigenvalue weighted by Gasteiger charge is 2.23. The molecule has 0 spiro atoms. The summed E-state index contributed by atoms with van der Waals surface area (Å²) in [6, 6.07) is 22.4. The molecule has 0 atom stereocenters. The van der Waals surface area contributed by atoms with E-state index in [2.05, 4.69) is 62.3 Å². The van der Waals surface area contributed by atoms with Crippen LogP contribution in [-0.4, -0.2) is 110 Å². The fourth-order valence-electron chi connectivity index (χ4n) is 8.12. The van der Waals surface area contributed by atoms with E-state index in [-0.39, 0.29) is 106 Å². The monoisotopic (exact) mass is 1090 g/mol. The van der Waals surface area contributed by atoms with Crippen molar-refractivity contribution in [2.75, 3.05) is 23.8 Å². The van der Waals surface area contributed by atoms with Crippen molar-refractivity contribution in [1.29, 1.82) is 0 Å². The average Bonchev–Trinajstić information content (AvgIpc) is 4.03. The van der Waals surface area contributed by atoms with E-state index >= 15 is 0 Å². The smallest absolute Gasteiger partial charge is 0.335 e. The second kappa shape index (κ2) is 22.3. The molecule has 0 radical (unpaired) electrons. The standard InChI is InChI=1S/2C25H21N7O6S/c1-12-6-13(2-4-15(12)23(36)37)9-27-22(35)18-8-17(29-24-30-31-25(39)32(18)24)21(34)26-10-14-3-5-19-16(7-14)28-20(33)11-38-19;1-12-6-13(2-4-15(12)23(36)37)9-26-21(34)17-8-18(32-24(29-17)30-31-25(32)39)22(35)27-10-14-3-5-19-16(7-14)28-20(33)11-38-19/h2*2-8H,9-11H2,1H3,(H,26,34)(H,27,35)(H,28,33)(H,31,39)(H,36,37). The molecular weight excluding hydrogens is 1050 g/mol. The SMILES string of the molecule is Cc1cc(CNC(=O)c2cc(C(=O)NCc3ccc4c(c3)NC(=O)CO4)n3c(=S)[nH]nc3n2)ccc1C(=O)O.Cc1cc(CNC(=O)c2cc(C(=O)NCc3ccc4c(c3)NC(=O)CO4)nc3n[nH]c(=S)n23)ccc1C(=O)O. The average molecular weight is 1100 g/mol. The molecule has 2 aliphatic rings. The summed E-state index contributed by atoms with van der Waals surface area (Å²) < 4.78 is 13.6. The van der Waals surface area contributed by atoms with Crippen molar-refractivity contribution in [3.05, 3.63) is 162 Å². The summed E-state index contributed by atoms with van der Waals surface area (Å²) in [5, 5.41) is 48.0. The molecule has 10 rings (SSSR count). The van der Waals surface area contributed by atoms with Crippen LogP contribution in [0.25, 0.3) is 11.6 Å². The number of carboxylic acids is 2. The maximum Gasteiger partial charge on any atom is 0.335 e. The summed E-state index contributed by atoms with van der Waals surface area (Å²) in [7, 11) is 0. The Balaban J connectivity index is 0.000000190. The molecule has 28 heteroatoms. The Kier molecular flexibility index (Phi) is 15.1. The number of aromatic nitrogens is 8.